The molecule has 0 aliphatic rings. The minimum Gasteiger partial charge on any atom is -0.357 e. The topological polar surface area (TPSA) is 36.4 Å². The van der Waals surface area contributed by atoms with Gasteiger partial charge in [-0.1, -0.05) is 36.3 Å². The lowest BCUT2D eigenvalue weighted by Crippen LogP contribution is -2.37. The molecule has 0 spiro atoms. The predicted molar refractivity (Wildman–Crippen MR) is 83.5 cm³/mol. The van der Waals surface area contributed by atoms with Gasteiger partial charge in [-0.15, -0.1) is 30.4 Å². The van der Waals surface area contributed by atoms with Crippen LogP contribution in [0.15, 0.2) is 35.3 Å². The number of nitrogens with zero attached hydrogens (tertiary/aromatic N) is 1. The molecule has 3 nitrogen and oxygen atoms in total. The largest absolute Gasteiger partial charge is 0.357 e. The molecule has 0 aromatic heterocycles. The van der Waals surface area contributed by atoms with Crippen molar-refractivity contribution in [3.63, 3.8) is 0 Å². The van der Waals surface area contributed by atoms with Gasteiger partial charge < -0.3 is 10.6 Å². The second kappa shape index (κ2) is 9.97. The van der Waals surface area contributed by atoms with E-state index in [9.17, 15) is 0 Å². The summed E-state index contributed by atoms with van der Waals surface area (Å²) in [7, 11) is 0. The normalized spacial score (nSPS) is 10.0. The van der Waals surface area contributed by atoms with Gasteiger partial charge in [0.1, 0.15) is 0 Å². The lowest BCUT2D eigenvalue weighted by atomic mass is 10.2. The molecular weight excluding hydrogens is 325 g/mol. The van der Waals surface area contributed by atoms with Gasteiger partial charge in [-0.2, -0.15) is 0 Å². The van der Waals surface area contributed by atoms with E-state index in [-0.39, 0.29) is 24.0 Å². The number of hydrogen-bond acceptors (Lipinski definition) is 1. The van der Waals surface area contributed by atoms with Gasteiger partial charge in [-0.25, -0.2) is 4.99 Å². The van der Waals surface area contributed by atoms with Gasteiger partial charge in [0.25, 0.3) is 0 Å². The summed E-state index contributed by atoms with van der Waals surface area (Å²) in [5.41, 5.74) is 1.18. The van der Waals surface area contributed by atoms with Crippen LogP contribution in [0, 0.1) is 12.3 Å². The molecule has 0 atom stereocenters. The maximum absolute atomic E-state index is 5.18. The summed E-state index contributed by atoms with van der Waals surface area (Å²) in [6.45, 7) is 3.99. The Kier molecular flexibility index (Phi) is 9.25. The third kappa shape index (κ3) is 6.84. The molecule has 0 bridgehead atoms. The number of aliphatic imine (C=N–C) groups is 1. The molecule has 0 saturated carbocycles. The Morgan fingerprint density at radius 1 is 1.29 bits per heavy atom. The summed E-state index contributed by atoms with van der Waals surface area (Å²) in [4.78, 5) is 4.42. The van der Waals surface area contributed by atoms with E-state index >= 15 is 0 Å². The molecule has 2 N–H and O–H groups in total. The number of guanidine groups is 1. The highest BCUT2D eigenvalue weighted by Gasteiger charge is 1.94. The number of halogens is 1. The number of hydrogen-bond donors (Lipinski definition) is 2. The smallest absolute Gasteiger partial charge is 0.192 e. The van der Waals surface area contributed by atoms with Crippen molar-refractivity contribution in [2.24, 2.45) is 4.99 Å². The zero-order chi connectivity index (χ0) is 11.6. The molecule has 0 saturated heterocycles. The van der Waals surface area contributed by atoms with Crippen LogP contribution in [0.25, 0.3) is 0 Å². The summed E-state index contributed by atoms with van der Waals surface area (Å²) in [6, 6.07) is 10.1. The fourth-order valence-electron chi connectivity index (χ4n) is 1.23. The van der Waals surface area contributed by atoms with Gasteiger partial charge in [0.2, 0.25) is 0 Å². The monoisotopic (exact) mass is 343 g/mol. The van der Waals surface area contributed by atoms with E-state index in [0.29, 0.717) is 13.1 Å². The zero-order valence-electron chi connectivity index (χ0n) is 9.94. The van der Waals surface area contributed by atoms with Crippen LogP contribution in [-0.2, 0) is 6.54 Å². The summed E-state index contributed by atoms with van der Waals surface area (Å²) in [6.07, 6.45) is 5.18. The summed E-state index contributed by atoms with van der Waals surface area (Å²) >= 11 is 0. The van der Waals surface area contributed by atoms with Gasteiger partial charge in [0.15, 0.2) is 5.96 Å². The van der Waals surface area contributed by atoms with E-state index < -0.39 is 0 Å². The van der Waals surface area contributed by atoms with Gasteiger partial charge in [0.05, 0.1) is 13.1 Å². The van der Waals surface area contributed by atoms with E-state index in [4.69, 9.17) is 6.42 Å². The van der Waals surface area contributed by atoms with Crippen molar-refractivity contribution in [1.82, 2.24) is 10.6 Å². The van der Waals surface area contributed by atoms with E-state index in [1.165, 1.54) is 5.56 Å². The average molecular weight is 343 g/mol. The second-order valence-corrected chi connectivity index (χ2v) is 3.24. The Labute approximate surface area is 120 Å². The van der Waals surface area contributed by atoms with Crippen molar-refractivity contribution in [2.45, 2.75) is 13.5 Å². The van der Waals surface area contributed by atoms with Crippen molar-refractivity contribution in [1.29, 1.82) is 0 Å². The molecule has 0 heterocycles. The van der Waals surface area contributed by atoms with Crippen LogP contribution in [0.2, 0.25) is 0 Å². The molecule has 92 valence electrons. The molecule has 0 aliphatic heterocycles. The molecule has 0 radical (unpaired) electrons. The van der Waals surface area contributed by atoms with Crippen molar-refractivity contribution in [3.05, 3.63) is 35.9 Å². The van der Waals surface area contributed by atoms with Crippen LogP contribution in [-0.4, -0.2) is 19.0 Å². The molecule has 17 heavy (non-hydrogen) atoms. The Morgan fingerprint density at radius 2 is 2.00 bits per heavy atom. The molecular formula is C13H18IN3. The lowest BCUT2D eigenvalue weighted by molar-refractivity contribution is 0.865. The first-order chi connectivity index (χ1) is 7.86. The Hall–Kier alpha value is -1.22. The SMILES string of the molecule is C#CCNC(=NCc1ccccc1)NCC.I. The van der Waals surface area contributed by atoms with Gasteiger partial charge >= 0.3 is 0 Å². The molecule has 1 rings (SSSR count). The minimum absolute atomic E-state index is 0. The van der Waals surface area contributed by atoms with Crippen molar-refractivity contribution in [2.75, 3.05) is 13.1 Å². The van der Waals surface area contributed by atoms with Crippen LogP contribution in [0.4, 0.5) is 0 Å². The zero-order valence-corrected chi connectivity index (χ0v) is 12.3. The molecule has 0 fully saturated rings. The highest BCUT2D eigenvalue weighted by atomic mass is 127. The van der Waals surface area contributed by atoms with Crippen molar-refractivity contribution >= 4 is 29.9 Å². The molecule has 0 unspecified atom stereocenters. The molecule has 0 aliphatic carbocycles. The van der Waals surface area contributed by atoms with Crippen LogP contribution in [0.1, 0.15) is 12.5 Å². The Balaban J connectivity index is 0.00000256. The number of nitrogens with one attached hydrogen (secondary N) is 2. The van der Waals surface area contributed by atoms with E-state index in [1.807, 2.05) is 37.3 Å². The van der Waals surface area contributed by atoms with Gasteiger partial charge in [-0.05, 0) is 12.5 Å². The lowest BCUT2D eigenvalue weighted by Gasteiger charge is -2.08. The molecule has 4 heteroatoms. The van der Waals surface area contributed by atoms with Crippen LogP contribution in [0.3, 0.4) is 0 Å². The van der Waals surface area contributed by atoms with E-state index in [2.05, 4.69) is 21.5 Å². The highest BCUT2D eigenvalue weighted by molar-refractivity contribution is 14.0. The fourth-order valence-corrected chi connectivity index (χ4v) is 1.23. The fraction of sp³-hybridized carbons (Fsp3) is 0.308. The predicted octanol–water partition coefficient (Wildman–Crippen LogP) is 1.99. The standard InChI is InChI=1S/C13H17N3.HI/c1-3-10-15-13(14-4-2)16-11-12-8-6-5-7-9-12;/h1,5-9H,4,10-11H2,2H3,(H2,14,15,16);1H. The third-order valence-corrected chi connectivity index (χ3v) is 1.96. The maximum atomic E-state index is 5.18. The maximum Gasteiger partial charge on any atom is 0.192 e. The van der Waals surface area contributed by atoms with Crippen LogP contribution >= 0.6 is 24.0 Å². The number of terminal acetylenes is 1. The van der Waals surface area contributed by atoms with E-state index in [1.54, 1.807) is 0 Å². The summed E-state index contributed by atoms with van der Waals surface area (Å²) < 4.78 is 0. The summed E-state index contributed by atoms with van der Waals surface area (Å²) in [5, 5.41) is 6.17. The third-order valence-electron chi connectivity index (χ3n) is 1.96. The Bertz CT molecular complexity index is 368. The van der Waals surface area contributed by atoms with Gasteiger partial charge in [0, 0.05) is 6.54 Å². The first-order valence-corrected chi connectivity index (χ1v) is 5.36. The minimum atomic E-state index is 0. The number of rotatable bonds is 4. The van der Waals surface area contributed by atoms with Crippen molar-refractivity contribution in [3.8, 4) is 12.3 Å². The van der Waals surface area contributed by atoms with Crippen LogP contribution < -0.4 is 10.6 Å². The van der Waals surface area contributed by atoms with Crippen LogP contribution in [0.5, 0.6) is 0 Å². The highest BCUT2D eigenvalue weighted by Crippen LogP contribution is 1.99. The first kappa shape index (κ1) is 15.8. The Morgan fingerprint density at radius 3 is 2.59 bits per heavy atom. The summed E-state index contributed by atoms with van der Waals surface area (Å²) in [5.74, 6) is 3.28. The van der Waals surface area contributed by atoms with E-state index in [0.717, 1.165) is 12.5 Å². The molecule has 0 amide bonds. The quantitative estimate of drug-likeness (QED) is 0.380. The van der Waals surface area contributed by atoms with Crippen molar-refractivity contribution < 1.29 is 0 Å². The second-order valence-electron chi connectivity index (χ2n) is 3.24. The van der Waals surface area contributed by atoms with Gasteiger partial charge in [-0.3, -0.25) is 0 Å². The average Bonchev–Trinajstić information content (AvgIpc) is 2.34. The first-order valence-electron chi connectivity index (χ1n) is 5.36. The molecule has 1 aromatic rings. The molecule has 1 aromatic carbocycles. The number of benzene rings is 1.